The van der Waals surface area contributed by atoms with Crippen molar-refractivity contribution in [3.8, 4) is 0 Å². The van der Waals surface area contributed by atoms with Gasteiger partial charge in [0.15, 0.2) is 0 Å². The van der Waals surface area contributed by atoms with E-state index < -0.39 is 0 Å². The third-order valence-electron chi connectivity index (χ3n) is 9.17. The van der Waals surface area contributed by atoms with Gasteiger partial charge in [0, 0.05) is 25.7 Å². The molecule has 2 bridgehead atoms. The standard InChI is InChI=1S/C23H42NO.BrH/c1-24(2)21-13-14-22(24)16-18(15-21)17-23(25,19-9-5-3-6-10-19)20-11-7-4-8-12-20;/h18-22,25H,3-17H2,1-2H3;1H/q+1;/p-1. The van der Waals surface area contributed by atoms with Crippen molar-refractivity contribution in [2.24, 2.45) is 17.8 Å². The molecular weight excluding hydrogens is 386 g/mol. The summed E-state index contributed by atoms with van der Waals surface area (Å²) in [5.74, 6) is 2.00. The van der Waals surface area contributed by atoms with Crippen LogP contribution in [-0.2, 0) is 0 Å². The third-order valence-corrected chi connectivity index (χ3v) is 9.17. The molecule has 0 spiro atoms. The van der Waals surface area contributed by atoms with Crippen LogP contribution in [0.25, 0.3) is 0 Å². The Balaban J connectivity index is 0.00000196. The molecule has 2 aliphatic heterocycles. The summed E-state index contributed by atoms with van der Waals surface area (Å²) >= 11 is 0. The number of nitrogens with zero attached hydrogens (tertiary/aromatic N) is 1. The van der Waals surface area contributed by atoms with Gasteiger partial charge in [-0.3, -0.25) is 0 Å². The Bertz CT molecular complexity index is 419. The van der Waals surface area contributed by atoms with Crippen LogP contribution in [0.5, 0.6) is 0 Å². The first-order chi connectivity index (χ1) is 12.0. The van der Waals surface area contributed by atoms with Crippen LogP contribution in [0.4, 0.5) is 0 Å². The molecule has 2 atom stereocenters. The Morgan fingerprint density at radius 3 is 1.58 bits per heavy atom. The Hall–Kier alpha value is 0.400. The number of quaternary nitrogens is 1. The number of hydrogen-bond donors (Lipinski definition) is 1. The van der Waals surface area contributed by atoms with Crippen LogP contribution in [-0.4, -0.2) is 41.4 Å². The van der Waals surface area contributed by atoms with Crippen LogP contribution in [0.1, 0.15) is 96.3 Å². The molecule has 0 aromatic rings. The lowest BCUT2D eigenvalue weighted by molar-refractivity contribution is -0.931. The zero-order valence-corrected chi connectivity index (χ0v) is 18.9. The SMILES string of the molecule is C[N+]1(C)C2CCC1CC(CC(O)(C1CCCCC1)C1CCCCC1)C2.[Br-]. The predicted octanol–water partition coefficient (Wildman–Crippen LogP) is 2.29. The van der Waals surface area contributed by atoms with E-state index in [0.717, 1.165) is 24.4 Å². The first-order valence-electron chi connectivity index (χ1n) is 11.6. The van der Waals surface area contributed by atoms with E-state index >= 15 is 0 Å². The number of piperidine rings is 1. The average molecular weight is 428 g/mol. The van der Waals surface area contributed by atoms with Crippen molar-refractivity contribution in [3.63, 3.8) is 0 Å². The van der Waals surface area contributed by atoms with Crippen molar-refractivity contribution in [2.75, 3.05) is 14.1 Å². The molecule has 152 valence electrons. The summed E-state index contributed by atoms with van der Waals surface area (Å²) < 4.78 is 1.27. The van der Waals surface area contributed by atoms with E-state index in [1.165, 1.54) is 94.4 Å². The van der Waals surface area contributed by atoms with Crippen LogP contribution in [0.15, 0.2) is 0 Å². The Labute approximate surface area is 172 Å². The minimum atomic E-state index is -0.334. The highest BCUT2D eigenvalue weighted by Gasteiger charge is 2.52. The van der Waals surface area contributed by atoms with Gasteiger partial charge in [-0.25, -0.2) is 0 Å². The fourth-order valence-corrected chi connectivity index (χ4v) is 7.49. The first-order valence-corrected chi connectivity index (χ1v) is 11.6. The molecule has 26 heavy (non-hydrogen) atoms. The van der Waals surface area contributed by atoms with Gasteiger partial charge in [-0.1, -0.05) is 38.5 Å². The van der Waals surface area contributed by atoms with Gasteiger partial charge >= 0.3 is 0 Å². The number of aliphatic hydroxyl groups is 1. The monoisotopic (exact) mass is 427 g/mol. The summed E-state index contributed by atoms with van der Waals surface area (Å²) in [5, 5.41) is 12.1. The van der Waals surface area contributed by atoms with Gasteiger partial charge in [0.2, 0.25) is 0 Å². The molecule has 2 saturated carbocycles. The summed E-state index contributed by atoms with van der Waals surface area (Å²) in [5.41, 5.74) is -0.334. The maximum atomic E-state index is 12.1. The fraction of sp³-hybridized carbons (Fsp3) is 1.00. The topological polar surface area (TPSA) is 20.2 Å². The molecule has 0 aromatic carbocycles. The van der Waals surface area contributed by atoms with Gasteiger partial charge in [0.25, 0.3) is 0 Å². The maximum absolute atomic E-state index is 12.1. The molecule has 0 aromatic heterocycles. The normalized spacial score (nSPS) is 35.9. The minimum Gasteiger partial charge on any atom is -1.00 e. The van der Waals surface area contributed by atoms with E-state index in [1.807, 2.05) is 0 Å². The molecule has 2 aliphatic carbocycles. The number of fused-ring (bicyclic) bond motifs is 2. The molecular formula is C23H42BrNO. The Kier molecular flexibility index (Phi) is 6.83. The lowest BCUT2D eigenvalue weighted by atomic mass is 9.62. The minimum absolute atomic E-state index is 0. The van der Waals surface area contributed by atoms with Gasteiger partial charge in [0.05, 0.1) is 31.8 Å². The zero-order chi connectivity index (χ0) is 17.5. The lowest BCUT2D eigenvalue weighted by Gasteiger charge is -2.50. The van der Waals surface area contributed by atoms with Gasteiger partial charge in [-0.15, -0.1) is 0 Å². The highest BCUT2D eigenvalue weighted by Crippen LogP contribution is 2.50. The molecule has 2 unspecified atom stereocenters. The summed E-state index contributed by atoms with van der Waals surface area (Å²) in [6.45, 7) is 0. The second kappa shape index (κ2) is 8.41. The Morgan fingerprint density at radius 1 is 0.731 bits per heavy atom. The second-order valence-electron chi connectivity index (χ2n) is 10.7. The Morgan fingerprint density at radius 2 is 1.15 bits per heavy atom. The fourth-order valence-electron chi connectivity index (χ4n) is 7.49. The first kappa shape index (κ1) is 21.1. The van der Waals surface area contributed by atoms with Crippen molar-refractivity contribution in [3.05, 3.63) is 0 Å². The molecule has 4 fully saturated rings. The predicted molar refractivity (Wildman–Crippen MR) is 104 cm³/mol. The van der Waals surface area contributed by atoms with E-state index in [-0.39, 0.29) is 22.6 Å². The van der Waals surface area contributed by atoms with Gasteiger partial charge < -0.3 is 26.6 Å². The van der Waals surface area contributed by atoms with Crippen LogP contribution in [0.3, 0.4) is 0 Å². The molecule has 1 N–H and O–H groups in total. The molecule has 2 heterocycles. The van der Waals surface area contributed by atoms with Gasteiger partial charge in [-0.2, -0.15) is 0 Å². The van der Waals surface area contributed by atoms with Crippen molar-refractivity contribution in [1.82, 2.24) is 0 Å². The van der Waals surface area contributed by atoms with Crippen LogP contribution in [0, 0.1) is 17.8 Å². The van der Waals surface area contributed by atoms with Gasteiger partial charge in [-0.05, 0) is 49.9 Å². The average Bonchev–Trinajstić information content (AvgIpc) is 2.80. The quantitative estimate of drug-likeness (QED) is 0.682. The second-order valence-corrected chi connectivity index (χ2v) is 10.7. The molecule has 4 aliphatic rings. The smallest absolute Gasteiger partial charge is 0.0893 e. The molecule has 2 saturated heterocycles. The van der Waals surface area contributed by atoms with Crippen molar-refractivity contribution in [1.29, 1.82) is 0 Å². The number of rotatable bonds is 4. The highest BCUT2D eigenvalue weighted by atomic mass is 79.9. The van der Waals surface area contributed by atoms with Crippen LogP contribution >= 0.6 is 0 Å². The van der Waals surface area contributed by atoms with E-state index in [9.17, 15) is 5.11 Å². The number of hydrogen-bond acceptors (Lipinski definition) is 1. The zero-order valence-electron chi connectivity index (χ0n) is 17.3. The summed E-state index contributed by atoms with van der Waals surface area (Å²) in [6, 6.07) is 1.73. The van der Waals surface area contributed by atoms with Gasteiger partial charge in [0.1, 0.15) is 0 Å². The summed E-state index contributed by atoms with van der Waals surface area (Å²) in [4.78, 5) is 0. The van der Waals surface area contributed by atoms with Crippen LogP contribution in [0.2, 0.25) is 0 Å². The largest absolute Gasteiger partial charge is 1.00 e. The molecule has 0 amide bonds. The maximum Gasteiger partial charge on any atom is 0.0893 e. The van der Waals surface area contributed by atoms with E-state index in [2.05, 4.69) is 14.1 Å². The van der Waals surface area contributed by atoms with Crippen molar-refractivity contribution >= 4 is 0 Å². The molecule has 0 radical (unpaired) electrons. The van der Waals surface area contributed by atoms with Crippen molar-refractivity contribution < 1.29 is 26.6 Å². The van der Waals surface area contributed by atoms with Crippen LogP contribution < -0.4 is 17.0 Å². The summed E-state index contributed by atoms with van der Waals surface area (Å²) in [7, 11) is 4.93. The highest BCUT2D eigenvalue weighted by molar-refractivity contribution is 4.98. The van der Waals surface area contributed by atoms with Crippen molar-refractivity contribution in [2.45, 2.75) is 114 Å². The molecule has 2 nitrogen and oxygen atoms in total. The van der Waals surface area contributed by atoms with E-state index in [0.29, 0.717) is 11.8 Å². The molecule has 3 heteroatoms. The third kappa shape index (κ3) is 3.92. The van der Waals surface area contributed by atoms with E-state index in [4.69, 9.17) is 0 Å². The van der Waals surface area contributed by atoms with E-state index in [1.54, 1.807) is 0 Å². The molecule has 4 rings (SSSR count). The number of halogens is 1. The summed E-state index contributed by atoms with van der Waals surface area (Å²) in [6.07, 6.45) is 20.2. The lowest BCUT2D eigenvalue weighted by Crippen LogP contribution is -3.00.